The van der Waals surface area contributed by atoms with Gasteiger partial charge in [-0.3, -0.25) is 4.98 Å². The predicted molar refractivity (Wildman–Crippen MR) is 104 cm³/mol. The van der Waals surface area contributed by atoms with Crippen molar-refractivity contribution in [3.05, 3.63) is 76.5 Å². The third-order valence-electron chi connectivity index (χ3n) is 4.50. The molecule has 3 aromatic rings. The van der Waals surface area contributed by atoms with Crippen molar-refractivity contribution < 1.29 is 0 Å². The summed E-state index contributed by atoms with van der Waals surface area (Å²) >= 11 is 3.59. The van der Waals surface area contributed by atoms with Gasteiger partial charge in [0.05, 0.1) is 5.69 Å². The Morgan fingerprint density at radius 1 is 1.04 bits per heavy atom. The maximum atomic E-state index is 4.76. The van der Waals surface area contributed by atoms with E-state index in [1.165, 1.54) is 11.1 Å². The molecule has 1 aliphatic heterocycles. The number of hydrogen-bond donors (Lipinski definition) is 2. The highest BCUT2D eigenvalue weighted by molar-refractivity contribution is 9.10. The number of nitrogens with zero attached hydrogens (tertiary/aromatic N) is 2. The first kappa shape index (κ1) is 16.2. The second kappa shape index (κ2) is 7.33. The number of hydrogen-bond acceptors (Lipinski definition) is 4. The molecule has 0 fully saturated rings. The molecule has 1 aliphatic rings. The van der Waals surface area contributed by atoms with Crippen LogP contribution < -0.4 is 10.6 Å². The molecule has 0 saturated carbocycles. The fraction of sp³-hybridized carbons (Fsp3) is 0.200. The fourth-order valence-electron chi connectivity index (χ4n) is 3.15. The van der Waals surface area contributed by atoms with E-state index in [0.717, 1.165) is 41.1 Å². The van der Waals surface area contributed by atoms with Gasteiger partial charge in [-0.05, 0) is 57.7 Å². The number of benzene rings is 1. The summed E-state index contributed by atoms with van der Waals surface area (Å²) in [6.07, 6.45) is 4.61. The highest BCUT2D eigenvalue weighted by Gasteiger charge is 2.17. The lowest BCUT2D eigenvalue weighted by atomic mass is 9.96. The molecule has 126 valence electrons. The van der Waals surface area contributed by atoms with Crippen molar-refractivity contribution in [2.75, 3.05) is 11.9 Å². The van der Waals surface area contributed by atoms with Crippen LogP contribution in [0.2, 0.25) is 0 Å². The van der Waals surface area contributed by atoms with Crippen LogP contribution in [0.25, 0.3) is 11.3 Å². The van der Waals surface area contributed by atoms with Crippen molar-refractivity contribution in [2.24, 2.45) is 0 Å². The summed E-state index contributed by atoms with van der Waals surface area (Å²) in [4.78, 5) is 8.83. The van der Waals surface area contributed by atoms with Gasteiger partial charge in [-0.2, -0.15) is 0 Å². The summed E-state index contributed by atoms with van der Waals surface area (Å²) < 4.78 is 0.981. The maximum Gasteiger partial charge on any atom is 0.126 e. The lowest BCUT2D eigenvalue weighted by Gasteiger charge is -2.26. The maximum absolute atomic E-state index is 4.76. The Morgan fingerprint density at radius 2 is 1.84 bits per heavy atom. The molecule has 3 heterocycles. The number of rotatable bonds is 4. The monoisotopic (exact) mass is 394 g/mol. The third-order valence-corrected chi connectivity index (χ3v) is 5.14. The smallest absolute Gasteiger partial charge is 0.126 e. The number of fused-ring (bicyclic) bond motifs is 1. The highest BCUT2D eigenvalue weighted by Crippen LogP contribution is 2.27. The Bertz CT molecular complexity index is 867. The Kier molecular flexibility index (Phi) is 4.76. The Balaban J connectivity index is 1.46. The van der Waals surface area contributed by atoms with Crippen molar-refractivity contribution in [1.29, 1.82) is 0 Å². The first-order valence-corrected chi connectivity index (χ1v) is 9.20. The minimum Gasteiger partial charge on any atom is -0.368 e. The lowest BCUT2D eigenvalue weighted by Crippen LogP contribution is -2.40. The predicted octanol–water partition coefficient (Wildman–Crippen LogP) is 4.03. The average Bonchev–Trinajstić information content (AvgIpc) is 2.68. The summed E-state index contributed by atoms with van der Waals surface area (Å²) in [6.45, 7) is 1.78. The first-order valence-electron chi connectivity index (χ1n) is 8.40. The van der Waals surface area contributed by atoms with Crippen LogP contribution >= 0.6 is 15.9 Å². The fourth-order valence-corrected chi connectivity index (χ4v) is 3.60. The Morgan fingerprint density at radius 3 is 2.68 bits per heavy atom. The van der Waals surface area contributed by atoms with Gasteiger partial charge in [-0.1, -0.05) is 24.3 Å². The van der Waals surface area contributed by atoms with Crippen LogP contribution in [0, 0.1) is 0 Å². The molecule has 0 radical (unpaired) electrons. The van der Waals surface area contributed by atoms with Crippen molar-refractivity contribution in [3.63, 3.8) is 0 Å². The van der Waals surface area contributed by atoms with Gasteiger partial charge in [-0.25, -0.2) is 4.98 Å². The van der Waals surface area contributed by atoms with Gasteiger partial charge >= 0.3 is 0 Å². The molecular weight excluding hydrogens is 376 g/mol. The van der Waals surface area contributed by atoms with E-state index in [4.69, 9.17) is 4.98 Å². The summed E-state index contributed by atoms with van der Waals surface area (Å²) in [6, 6.07) is 17.0. The lowest BCUT2D eigenvalue weighted by molar-refractivity contribution is 0.497. The number of pyridine rings is 2. The summed E-state index contributed by atoms with van der Waals surface area (Å²) in [5.74, 6) is 0.885. The Hall–Kier alpha value is -2.24. The summed E-state index contributed by atoms with van der Waals surface area (Å²) in [5.41, 5.74) is 4.82. The van der Waals surface area contributed by atoms with Gasteiger partial charge in [0, 0.05) is 41.6 Å². The van der Waals surface area contributed by atoms with Gasteiger partial charge in [0.25, 0.3) is 0 Å². The van der Waals surface area contributed by atoms with E-state index < -0.39 is 0 Å². The molecule has 4 rings (SSSR count). The molecule has 2 N–H and O–H groups in total. The minimum atomic E-state index is 0.407. The van der Waals surface area contributed by atoms with E-state index in [1.54, 1.807) is 12.4 Å². The van der Waals surface area contributed by atoms with E-state index in [1.807, 2.05) is 24.3 Å². The number of aromatic nitrogens is 2. The molecule has 25 heavy (non-hydrogen) atoms. The molecule has 0 unspecified atom stereocenters. The van der Waals surface area contributed by atoms with Crippen molar-refractivity contribution >= 4 is 21.7 Å². The molecule has 0 bridgehead atoms. The second-order valence-corrected chi connectivity index (χ2v) is 7.05. The van der Waals surface area contributed by atoms with Gasteiger partial charge in [0.15, 0.2) is 0 Å². The first-order chi connectivity index (χ1) is 12.3. The van der Waals surface area contributed by atoms with Crippen molar-refractivity contribution in [2.45, 2.75) is 19.0 Å². The van der Waals surface area contributed by atoms with Gasteiger partial charge in [-0.15, -0.1) is 0 Å². The van der Waals surface area contributed by atoms with Gasteiger partial charge in [0.2, 0.25) is 0 Å². The van der Waals surface area contributed by atoms with E-state index in [2.05, 4.69) is 55.8 Å². The average molecular weight is 395 g/mol. The van der Waals surface area contributed by atoms with Crippen LogP contribution in [0.1, 0.15) is 11.1 Å². The third kappa shape index (κ3) is 3.72. The van der Waals surface area contributed by atoms with Gasteiger partial charge in [0.1, 0.15) is 5.82 Å². The zero-order valence-electron chi connectivity index (χ0n) is 13.7. The molecule has 1 atom stereocenters. The second-order valence-electron chi connectivity index (χ2n) is 6.19. The van der Waals surface area contributed by atoms with E-state index in [-0.39, 0.29) is 0 Å². The van der Waals surface area contributed by atoms with Gasteiger partial charge < -0.3 is 10.6 Å². The topological polar surface area (TPSA) is 49.8 Å². The van der Waals surface area contributed by atoms with E-state index >= 15 is 0 Å². The minimum absolute atomic E-state index is 0.407. The van der Waals surface area contributed by atoms with Crippen LogP contribution in [0.5, 0.6) is 0 Å². The molecule has 2 aromatic heterocycles. The molecule has 0 aliphatic carbocycles. The molecule has 4 nitrogen and oxygen atoms in total. The summed E-state index contributed by atoms with van der Waals surface area (Å²) in [5, 5.41) is 7.07. The van der Waals surface area contributed by atoms with Crippen LogP contribution in [-0.2, 0) is 13.0 Å². The molecule has 0 spiro atoms. The van der Waals surface area contributed by atoms with Crippen LogP contribution in [0.4, 0.5) is 5.82 Å². The van der Waals surface area contributed by atoms with Crippen LogP contribution in [0.3, 0.4) is 0 Å². The quantitative estimate of drug-likeness (QED) is 0.701. The molecular formula is C20H19BrN4. The zero-order valence-corrected chi connectivity index (χ0v) is 15.3. The van der Waals surface area contributed by atoms with Crippen molar-refractivity contribution in [3.8, 4) is 11.3 Å². The molecule has 0 saturated heterocycles. The number of nitrogens with one attached hydrogen (secondary N) is 2. The molecule has 0 amide bonds. The zero-order chi connectivity index (χ0) is 17.1. The summed E-state index contributed by atoms with van der Waals surface area (Å²) in [7, 11) is 0. The highest BCUT2D eigenvalue weighted by atomic mass is 79.9. The molecule has 1 aromatic carbocycles. The number of halogens is 1. The molecule has 5 heteroatoms. The number of anilines is 1. The van der Waals surface area contributed by atoms with Crippen LogP contribution in [-0.4, -0.2) is 22.6 Å². The van der Waals surface area contributed by atoms with Crippen LogP contribution in [0.15, 0.2) is 65.4 Å². The van der Waals surface area contributed by atoms with E-state index in [9.17, 15) is 0 Å². The SMILES string of the molecule is Brc1ccc(NC[C@@H]2Cc3ccccc3CN2)nc1-c1ccncc1. The standard InChI is InChI=1S/C20H19BrN4/c21-18-5-6-19(25-20(18)14-7-9-22-10-8-14)24-13-17-11-15-3-1-2-4-16(15)12-23-17/h1-10,17,23H,11-13H2,(H,24,25)/t17-/m0/s1. The van der Waals surface area contributed by atoms with E-state index in [0.29, 0.717) is 6.04 Å². The van der Waals surface area contributed by atoms with Crippen molar-refractivity contribution in [1.82, 2.24) is 15.3 Å². The Labute approximate surface area is 155 Å². The normalized spacial score (nSPS) is 16.3. The largest absolute Gasteiger partial charge is 0.368 e.